The molecular weight excluding hydrogens is 376 g/mol. The summed E-state index contributed by atoms with van der Waals surface area (Å²) >= 11 is 0. The highest BCUT2D eigenvalue weighted by Gasteiger charge is 2.27. The van der Waals surface area contributed by atoms with E-state index in [-0.39, 0.29) is 23.8 Å². The lowest BCUT2D eigenvalue weighted by molar-refractivity contribution is -0.143. The van der Waals surface area contributed by atoms with Crippen LogP contribution in [-0.4, -0.2) is 25.2 Å². The van der Waals surface area contributed by atoms with Gasteiger partial charge < -0.3 is 9.47 Å². The summed E-state index contributed by atoms with van der Waals surface area (Å²) in [7, 11) is 0. The molecule has 0 aliphatic heterocycles. The Kier molecular flexibility index (Phi) is 17.6. The molecule has 4 nitrogen and oxygen atoms in total. The minimum Gasteiger partial charge on any atom is -0.462 e. The largest absolute Gasteiger partial charge is 0.462 e. The molecule has 0 aromatic rings. The maximum atomic E-state index is 12.8. The molecule has 0 bridgehead atoms. The van der Waals surface area contributed by atoms with Crippen LogP contribution >= 0.6 is 0 Å². The summed E-state index contributed by atoms with van der Waals surface area (Å²) < 4.78 is 11.1. The van der Waals surface area contributed by atoms with E-state index >= 15 is 0 Å². The third kappa shape index (κ3) is 13.1. The predicted octanol–water partition coefficient (Wildman–Crippen LogP) is 7.40. The van der Waals surface area contributed by atoms with E-state index < -0.39 is 0 Å². The Morgan fingerprint density at radius 2 is 0.833 bits per heavy atom. The van der Waals surface area contributed by atoms with Crippen molar-refractivity contribution in [2.45, 2.75) is 119 Å². The van der Waals surface area contributed by atoms with Gasteiger partial charge in [-0.25, -0.2) is 9.59 Å². The van der Waals surface area contributed by atoms with E-state index in [1.807, 2.05) is 27.7 Å². The molecule has 0 radical (unpaired) electrons. The monoisotopic (exact) mass is 424 g/mol. The van der Waals surface area contributed by atoms with E-state index in [1.54, 1.807) is 0 Å². The molecule has 0 saturated carbocycles. The predicted molar refractivity (Wildman–Crippen MR) is 125 cm³/mol. The van der Waals surface area contributed by atoms with Crippen LogP contribution in [0.2, 0.25) is 0 Å². The fraction of sp³-hybridized carbons (Fsp3) is 0.846. The molecule has 0 atom stereocenters. The lowest BCUT2D eigenvalue weighted by Crippen LogP contribution is -2.23. The number of hydrogen-bond acceptors (Lipinski definition) is 4. The van der Waals surface area contributed by atoms with Crippen LogP contribution in [0.5, 0.6) is 0 Å². The van der Waals surface area contributed by atoms with Gasteiger partial charge in [-0.15, -0.1) is 0 Å². The summed E-state index contributed by atoms with van der Waals surface area (Å²) in [4.78, 5) is 25.5. The molecule has 0 heterocycles. The van der Waals surface area contributed by atoms with Gasteiger partial charge in [0.25, 0.3) is 0 Å². The molecule has 0 rings (SSSR count). The molecule has 0 amide bonds. The van der Waals surface area contributed by atoms with E-state index in [4.69, 9.17) is 9.47 Å². The van der Waals surface area contributed by atoms with Gasteiger partial charge in [-0.1, -0.05) is 106 Å². The Morgan fingerprint density at radius 3 is 1.13 bits per heavy atom. The minimum absolute atomic E-state index is 0.0824. The second-order valence-electron chi connectivity index (χ2n) is 8.94. The maximum Gasteiger partial charge on any atom is 0.334 e. The third-order valence-electron chi connectivity index (χ3n) is 5.35. The molecule has 0 unspecified atom stereocenters. The molecule has 0 fully saturated rings. The van der Waals surface area contributed by atoms with Crippen molar-refractivity contribution in [1.82, 2.24) is 0 Å². The van der Waals surface area contributed by atoms with Crippen LogP contribution in [0, 0.1) is 11.8 Å². The van der Waals surface area contributed by atoms with Gasteiger partial charge in [0.2, 0.25) is 0 Å². The molecule has 0 saturated heterocycles. The highest BCUT2D eigenvalue weighted by atomic mass is 16.5. The van der Waals surface area contributed by atoms with Crippen LogP contribution in [0.3, 0.4) is 0 Å². The molecule has 0 aliphatic rings. The van der Waals surface area contributed by atoms with Crippen LogP contribution in [-0.2, 0) is 19.1 Å². The van der Waals surface area contributed by atoms with Crippen molar-refractivity contribution in [3.8, 4) is 0 Å². The van der Waals surface area contributed by atoms with Crippen LogP contribution in [0.4, 0.5) is 0 Å². The fourth-order valence-electron chi connectivity index (χ4n) is 3.56. The first kappa shape index (κ1) is 28.7. The number of ether oxygens (including phenoxy) is 2. The standard InChI is InChI=1S/C26H48O4/c1-7-9-11-13-15-17-19-29-25(27)23(21(3)4)24(22(5)6)26(28)30-20-18-16-14-12-10-8-2/h21-22H,7-20H2,1-6H3/b24-23-. The molecule has 0 spiro atoms. The number of esters is 2. The smallest absolute Gasteiger partial charge is 0.334 e. The molecule has 176 valence electrons. The molecular formula is C26H48O4. The van der Waals surface area contributed by atoms with Crippen molar-refractivity contribution in [3.63, 3.8) is 0 Å². The van der Waals surface area contributed by atoms with Crippen molar-refractivity contribution in [3.05, 3.63) is 11.1 Å². The number of unbranched alkanes of at least 4 members (excludes halogenated alkanes) is 10. The Morgan fingerprint density at radius 1 is 0.533 bits per heavy atom. The summed E-state index contributed by atoms with van der Waals surface area (Å²) in [6.07, 6.45) is 13.7. The first-order valence-corrected chi connectivity index (χ1v) is 12.4. The van der Waals surface area contributed by atoms with Crippen LogP contribution in [0.1, 0.15) is 119 Å². The molecule has 0 N–H and O–H groups in total. The lowest BCUT2D eigenvalue weighted by atomic mass is 9.90. The van der Waals surface area contributed by atoms with Gasteiger partial charge in [0.05, 0.1) is 24.4 Å². The van der Waals surface area contributed by atoms with Gasteiger partial charge in [0.15, 0.2) is 0 Å². The summed E-state index contributed by atoms with van der Waals surface area (Å²) in [6, 6.07) is 0. The molecule has 30 heavy (non-hydrogen) atoms. The number of carbonyl (C=O) groups excluding carboxylic acids is 2. The number of hydrogen-bond donors (Lipinski definition) is 0. The first-order valence-electron chi connectivity index (χ1n) is 12.4. The average molecular weight is 425 g/mol. The lowest BCUT2D eigenvalue weighted by Gasteiger charge is -2.19. The van der Waals surface area contributed by atoms with Crippen molar-refractivity contribution in [2.24, 2.45) is 11.8 Å². The fourth-order valence-corrected chi connectivity index (χ4v) is 3.56. The molecule has 0 aromatic carbocycles. The summed E-state index contributed by atoms with van der Waals surface area (Å²) in [5.74, 6) is -0.889. The summed E-state index contributed by atoms with van der Waals surface area (Å²) in [6.45, 7) is 13.0. The Balaban J connectivity index is 4.73. The second-order valence-corrected chi connectivity index (χ2v) is 8.94. The summed E-state index contributed by atoms with van der Waals surface area (Å²) in [5, 5.41) is 0. The van der Waals surface area contributed by atoms with Gasteiger partial charge in [-0.05, 0) is 24.7 Å². The van der Waals surface area contributed by atoms with E-state index in [1.165, 1.54) is 51.4 Å². The molecule has 0 aliphatic carbocycles. The zero-order chi connectivity index (χ0) is 22.8. The van der Waals surface area contributed by atoms with Gasteiger partial charge in [0, 0.05) is 0 Å². The van der Waals surface area contributed by atoms with Gasteiger partial charge in [-0.3, -0.25) is 0 Å². The number of rotatable bonds is 18. The average Bonchev–Trinajstić information content (AvgIpc) is 2.69. The topological polar surface area (TPSA) is 52.6 Å². The highest BCUT2D eigenvalue weighted by molar-refractivity contribution is 6.01. The minimum atomic E-state index is -0.362. The van der Waals surface area contributed by atoms with Crippen molar-refractivity contribution in [1.29, 1.82) is 0 Å². The Bertz CT molecular complexity index is 447. The van der Waals surface area contributed by atoms with Gasteiger partial charge in [0.1, 0.15) is 0 Å². The van der Waals surface area contributed by atoms with Gasteiger partial charge in [-0.2, -0.15) is 0 Å². The molecule has 0 aromatic heterocycles. The van der Waals surface area contributed by atoms with E-state index in [0.717, 1.165) is 25.7 Å². The third-order valence-corrected chi connectivity index (χ3v) is 5.35. The van der Waals surface area contributed by atoms with E-state index in [9.17, 15) is 9.59 Å². The van der Waals surface area contributed by atoms with Crippen LogP contribution < -0.4 is 0 Å². The normalized spacial score (nSPS) is 12.3. The summed E-state index contributed by atoms with van der Waals surface area (Å²) in [5.41, 5.74) is 0.952. The van der Waals surface area contributed by atoms with Crippen molar-refractivity contribution >= 4 is 11.9 Å². The van der Waals surface area contributed by atoms with Gasteiger partial charge >= 0.3 is 11.9 Å². The van der Waals surface area contributed by atoms with Crippen LogP contribution in [0.25, 0.3) is 0 Å². The second kappa shape index (κ2) is 18.4. The zero-order valence-electron chi connectivity index (χ0n) is 20.7. The first-order chi connectivity index (χ1) is 14.4. The van der Waals surface area contributed by atoms with Crippen molar-refractivity contribution < 1.29 is 19.1 Å². The number of carbonyl (C=O) groups is 2. The zero-order valence-corrected chi connectivity index (χ0v) is 20.7. The van der Waals surface area contributed by atoms with Crippen molar-refractivity contribution in [2.75, 3.05) is 13.2 Å². The Labute approximate surface area is 186 Å². The highest BCUT2D eigenvalue weighted by Crippen LogP contribution is 2.24. The maximum absolute atomic E-state index is 12.8. The SMILES string of the molecule is CCCCCCCCOC(=O)/C(=C(\C(=O)OCCCCCCCC)C(C)C)C(C)C. The van der Waals surface area contributed by atoms with E-state index in [0.29, 0.717) is 24.4 Å². The van der Waals surface area contributed by atoms with Crippen LogP contribution in [0.15, 0.2) is 11.1 Å². The molecule has 4 heteroatoms. The van der Waals surface area contributed by atoms with E-state index in [2.05, 4.69) is 13.8 Å². The Hall–Kier alpha value is -1.32. The quantitative estimate of drug-likeness (QED) is 0.131.